The molecule has 0 aromatic carbocycles. The summed E-state index contributed by atoms with van der Waals surface area (Å²) in [5.74, 6) is -0.544. The number of carbonyl (C=O) groups is 2. The zero-order valence-corrected chi connectivity index (χ0v) is 52.6. The van der Waals surface area contributed by atoms with Crippen molar-refractivity contribution < 1.29 is 37.3 Å². The number of nitrogens with one attached hydrogen (secondary N) is 1. The lowest BCUT2D eigenvalue weighted by Crippen LogP contribution is -2.47. The Hall–Kier alpha value is -2.03. The van der Waals surface area contributed by atoms with Gasteiger partial charge in [0.05, 0.1) is 33.8 Å². The zero-order chi connectivity index (χ0) is 56.4. The van der Waals surface area contributed by atoms with Crippen LogP contribution in [0, 0.1) is 0 Å². The molecular formula is C67H127N2O7P. The number of carbonyl (C=O) groups excluding carboxylic acids is 2. The predicted octanol–water partition coefficient (Wildman–Crippen LogP) is 19.8. The van der Waals surface area contributed by atoms with Crippen LogP contribution in [0.15, 0.2) is 48.6 Å². The van der Waals surface area contributed by atoms with Crippen LogP contribution in [0.4, 0.5) is 0 Å². The maximum atomic E-state index is 13.5. The Bertz CT molecular complexity index is 1460. The van der Waals surface area contributed by atoms with Crippen molar-refractivity contribution in [2.45, 2.75) is 328 Å². The number of hydrogen-bond donors (Lipinski definition) is 1. The number of amides is 1. The van der Waals surface area contributed by atoms with Gasteiger partial charge in [-0.3, -0.25) is 14.2 Å². The highest BCUT2D eigenvalue weighted by Gasteiger charge is 2.27. The molecule has 77 heavy (non-hydrogen) atoms. The molecular weight excluding hydrogens is 976 g/mol. The third-order valence-corrected chi connectivity index (χ3v) is 15.7. The van der Waals surface area contributed by atoms with Gasteiger partial charge in [0, 0.05) is 12.8 Å². The van der Waals surface area contributed by atoms with E-state index < -0.39 is 26.6 Å². The van der Waals surface area contributed by atoms with E-state index in [4.69, 9.17) is 13.8 Å². The SMILES string of the molecule is CCCCC/C=C/C=C/CCCCCCCCC(=O)NC(COP(=O)([O-])OCC[N+](C)(C)C)C(/C=C\CCCCCCCCCCC)OC(=O)CCCCCCCCCCCCCCCCC/C=C/CCCCCCCC. The van der Waals surface area contributed by atoms with Gasteiger partial charge in [-0.25, -0.2) is 0 Å². The van der Waals surface area contributed by atoms with Crippen LogP contribution in [0.5, 0.6) is 0 Å². The Labute approximate surface area is 478 Å². The highest BCUT2D eigenvalue weighted by atomic mass is 31.2. The molecule has 0 heterocycles. The third kappa shape index (κ3) is 58.4. The fraction of sp³-hybridized carbons (Fsp3) is 0.851. The molecule has 9 nitrogen and oxygen atoms in total. The molecule has 0 radical (unpaired) electrons. The maximum absolute atomic E-state index is 13.5. The molecule has 0 aliphatic carbocycles. The van der Waals surface area contributed by atoms with Gasteiger partial charge in [-0.1, -0.05) is 269 Å². The third-order valence-electron chi connectivity index (χ3n) is 14.8. The fourth-order valence-corrected chi connectivity index (χ4v) is 10.3. The maximum Gasteiger partial charge on any atom is 0.306 e. The van der Waals surface area contributed by atoms with Crippen LogP contribution in [0.25, 0.3) is 0 Å². The lowest BCUT2D eigenvalue weighted by atomic mass is 10.0. The summed E-state index contributed by atoms with van der Waals surface area (Å²) in [7, 11) is 1.18. The van der Waals surface area contributed by atoms with E-state index in [1.54, 1.807) is 0 Å². The summed E-state index contributed by atoms with van der Waals surface area (Å²) in [5.41, 5.74) is 0. The second-order valence-corrected chi connectivity index (χ2v) is 25.1. The molecule has 1 amide bonds. The monoisotopic (exact) mass is 1100 g/mol. The molecule has 0 aromatic rings. The smallest absolute Gasteiger partial charge is 0.306 e. The van der Waals surface area contributed by atoms with Gasteiger partial charge in [-0.15, -0.1) is 0 Å². The summed E-state index contributed by atoms with van der Waals surface area (Å²) in [6.07, 6.45) is 70.9. The van der Waals surface area contributed by atoms with Crippen LogP contribution >= 0.6 is 7.82 Å². The first-order chi connectivity index (χ1) is 37.4. The van der Waals surface area contributed by atoms with Crippen molar-refractivity contribution in [1.29, 1.82) is 0 Å². The minimum absolute atomic E-state index is 0.0239. The van der Waals surface area contributed by atoms with Gasteiger partial charge in [-0.2, -0.15) is 0 Å². The number of ether oxygens (including phenoxy) is 1. The number of phosphoric ester groups is 1. The molecule has 10 heteroatoms. The second-order valence-electron chi connectivity index (χ2n) is 23.6. The first kappa shape index (κ1) is 75.0. The molecule has 1 N–H and O–H groups in total. The summed E-state index contributed by atoms with van der Waals surface area (Å²) in [6.45, 7) is 6.82. The van der Waals surface area contributed by atoms with Crippen LogP contribution in [0.1, 0.15) is 316 Å². The summed E-state index contributed by atoms with van der Waals surface area (Å²) >= 11 is 0. The molecule has 3 atom stereocenters. The first-order valence-electron chi connectivity index (χ1n) is 33.0. The number of esters is 1. The molecule has 0 aliphatic rings. The van der Waals surface area contributed by atoms with Gasteiger partial charge in [0.2, 0.25) is 5.91 Å². The zero-order valence-electron chi connectivity index (χ0n) is 51.7. The lowest BCUT2D eigenvalue weighted by Gasteiger charge is -2.30. The first-order valence-corrected chi connectivity index (χ1v) is 34.4. The highest BCUT2D eigenvalue weighted by Crippen LogP contribution is 2.38. The number of rotatable bonds is 60. The van der Waals surface area contributed by atoms with Crippen molar-refractivity contribution in [1.82, 2.24) is 5.32 Å². The summed E-state index contributed by atoms with van der Waals surface area (Å²) in [4.78, 5) is 40.0. The number of quaternary nitrogens is 1. The Morgan fingerprint density at radius 2 is 0.792 bits per heavy atom. The fourth-order valence-electron chi connectivity index (χ4n) is 9.63. The van der Waals surface area contributed by atoms with Crippen molar-refractivity contribution in [2.75, 3.05) is 40.9 Å². The molecule has 3 unspecified atom stereocenters. The van der Waals surface area contributed by atoms with Crippen molar-refractivity contribution in [2.24, 2.45) is 0 Å². The number of nitrogens with zero attached hydrogens (tertiary/aromatic N) is 1. The van der Waals surface area contributed by atoms with E-state index in [1.807, 2.05) is 33.3 Å². The van der Waals surface area contributed by atoms with Crippen LogP contribution in [0.3, 0.4) is 0 Å². The molecule has 0 saturated heterocycles. The Morgan fingerprint density at radius 1 is 0.455 bits per heavy atom. The number of hydrogen-bond acceptors (Lipinski definition) is 7. The van der Waals surface area contributed by atoms with Crippen molar-refractivity contribution in [3.05, 3.63) is 48.6 Å². The van der Waals surface area contributed by atoms with Gasteiger partial charge in [-0.05, 0) is 83.1 Å². The largest absolute Gasteiger partial charge is 0.756 e. The van der Waals surface area contributed by atoms with Crippen molar-refractivity contribution in [3.8, 4) is 0 Å². The van der Waals surface area contributed by atoms with E-state index in [0.717, 1.165) is 83.5 Å². The number of unbranched alkanes of at least 4 members (excludes halogenated alkanes) is 39. The number of phosphoric acid groups is 1. The van der Waals surface area contributed by atoms with E-state index >= 15 is 0 Å². The van der Waals surface area contributed by atoms with Crippen molar-refractivity contribution in [3.63, 3.8) is 0 Å². The predicted molar refractivity (Wildman–Crippen MR) is 330 cm³/mol. The molecule has 0 aromatic heterocycles. The molecule has 452 valence electrons. The summed E-state index contributed by atoms with van der Waals surface area (Å²) < 4.78 is 30.3. The van der Waals surface area contributed by atoms with Crippen LogP contribution in [0.2, 0.25) is 0 Å². The standard InChI is InChI=1S/C67H127N2O7P/c1-7-10-13-16-19-22-25-27-29-30-31-32-33-34-35-36-37-38-40-42-45-48-51-54-57-60-67(71)76-65(58-55-52-49-46-43-24-21-18-15-12-9-3)64(63-75-77(72,73)74-62-61-69(4,5)6)68-66(70)59-56-53-50-47-44-41-39-28-26-23-20-17-14-11-8-2/h20,23,26-29,55,58,64-65H,7-19,21-22,24-25,30-54,56-57,59-63H2,1-6H3,(H-,68,70,72,73)/b23-20+,28-26+,29-27+,58-55-. The Morgan fingerprint density at radius 3 is 1.21 bits per heavy atom. The van der Waals surface area contributed by atoms with Gasteiger partial charge >= 0.3 is 5.97 Å². The van der Waals surface area contributed by atoms with E-state index in [0.29, 0.717) is 17.4 Å². The van der Waals surface area contributed by atoms with E-state index in [9.17, 15) is 19.0 Å². The molecule has 0 aliphatic heterocycles. The van der Waals surface area contributed by atoms with Crippen molar-refractivity contribution >= 4 is 19.7 Å². The highest BCUT2D eigenvalue weighted by molar-refractivity contribution is 7.45. The van der Waals surface area contributed by atoms with Crippen LogP contribution < -0.4 is 10.2 Å². The Balaban J connectivity index is 5.04. The van der Waals surface area contributed by atoms with Gasteiger partial charge in [0.25, 0.3) is 7.82 Å². The number of allylic oxidation sites excluding steroid dienone is 7. The molecule has 0 bridgehead atoms. The van der Waals surface area contributed by atoms with Gasteiger partial charge < -0.3 is 28.5 Å². The van der Waals surface area contributed by atoms with Crippen LogP contribution in [-0.2, 0) is 27.9 Å². The topological polar surface area (TPSA) is 114 Å². The van der Waals surface area contributed by atoms with Crippen LogP contribution in [-0.4, -0.2) is 69.4 Å². The molecule has 0 saturated carbocycles. The van der Waals surface area contributed by atoms with E-state index in [1.165, 1.54) is 199 Å². The minimum Gasteiger partial charge on any atom is -0.756 e. The van der Waals surface area contributed by atoms with Gasteiger partial charge in [0.1, 0.15) is 19.3 Å². The normalized spacial score (nSPS) is 13.9. The lowest BCUT2D eigenvalue weighted by molar-refractivity contribution is -0.870. The van der Waals surface area contributed by atoms with E-state index in [2.05, 4.69) is 62.5 Å². The second kappa shape index (κ2) is 57.2. The number of likely N-dealkylation sites (N-methyl/N-ethyl adjacent to an activating group) is 1. The minimum atomic E-state index is -4.70. The van der Waals surface area contributed by atoms with Gasteiger partial charge in [0.15, 0.2) is 0 Å². The molecule has 0 rings (SSSR count). The average molecular weight is 1100 g/mol. The molecule has 0 spiro atoms. The molecule has 0 fully saturated rings. The average Bonchev–Trinajstić information content (AvgIpc) is 3.39. The summed E-state index contributed by atoms with van der Waals surface area (Å²) in [5, 5.41) is 3.02. The van der Waals surface area contributed by atoms with E-state index in [-0.39, 0.29) is 24.9 Å². The Kier molecular flexibility index (Phi) is 55.7. The summed E-state index contributed by atoms with van der Waals surface area (Å²) in [6, 6.07) is -0.892. The quantitative estimate of drug-likeness (QED) is 0.0161.